The largest absolute Gasteiger partial charge is 0.454 e. The molecule has 1 aromatic heterocycles. The molecule has 1 aliphatic rings. The van der Waals surface area contributed by atoms with E-state index in [0.717, 1.165) is 5.69 Å². The minimum Gasteiger partial charge on any atom is -0.454 e. The van der Waals surface area contributed by atoms with E-state index in [4.69, 9.17) is 9.47 Å². The maximum atomic E-state index is 11.9. The van der Waals surface area contributed by atoms with Crippen molar-refractivity contribution in [1.82, 2.24) is 10.4 Å². The number of aryl methyl sites for hydroxylation is 1. The fraction of sp³-hybridized carbons (Fsp3) is 0.133. The third-order valence-electron chi connectivity index (χ3n) is 3.26. The maximum Gasteiger partial charge on any atom is 0.282 e. The second kappa shape index (κ2) is 6.32. The highest BCUT2D eigenvalue weighted by Crippen LogP contribution is 2.37. The highest BCUT2D eigenvalue weighted by Gasteiger charge is 2.22. The molecule has 9 nitrogen and oxygen atoms in total. The molecule has 1 aromatic carbocycles. The van der Waals surface area contributed by atoms with Crippen LogP contribution in [0.4, 0.5) is 5.69 Å². The second-order valence-electron chi connectivity index (χ2n) is 4.91. The molecule has 1 amide bonds. The number of carbonyl (C=O) groups excluding carboxylic acids is 1. The van der Waals surface area contributed by atoms with Gasteiger partial charge in [0.25, 0.3) is 11.6 Å². The summed E-state index contributed by atoms with van der Waals surface area (Å²) in [7, 11) is 0. The van der Waals surface area contributed by atoms with Crippen molar-refractivity contribution in [1.29, 1.82) is 0 Å². The molecule has 0 atom stereocenters. The van der Waals surface area contributed by atoms with Crippen LogP contribution >= 0.6 is 0 Å². The Morgan fingerprint density at radius 1 is 1.38 bits per heavy atom. The van der Waals surface area contributed by atoms with Gasteiger partial charge in [0.05, 0.1) is 28.3 Å². The summed E-state index contributed by atoms with van der Waals surface area (Å²) in [5.41, 5.74) is 3.40. The van der Waals surface area contributed by atoms with Gasteiger partial charge in [-0.15, -0.1) is 0 Å². The number of nitro groups is 1. The van der Waals surface area contributed by atoms with Crippen LogP contribution in [0.2, 0.25) is 0 Å². The summed E-state index contributed by atoms with van der Waals surface area (Å²) in [4.78, 5) is 26.5. The SMILES string of the molecule is Cc1ccc(C(=O)NN=Cc2cc3c(cc2[N+](=O)[O-])OCO3)cn1. The van der Waals surface area contributed by atoms with Crippen LogP contribution in [0.5, 0.6) is 11.5 Å². The van der Waals surface area contributed by atoms with E-state index in [2.05, 4.69) is 15.5 Å². The predicted molar refractivity (Wildman–Crippen MR) is 83.3 cm³/mol. The molecule has 0 radical (unpaired) electrons. The lowest BCUT2D eigenvalue weighted by atomic mass is 10.1. The number of pyridine rings is 1. The minimum absolute atomic E-state index is 0.00421. The molecule has 2 aromatic rings. The Labute approximate surface area is 136 Å². The fourth-order valence-corrected chi connectivity index (χ4v) is 2.04. The van der Waals surface area contributed by atoms with E-state index in [1.54, 1.807) is 19.1 Å². The summed E-state index contributed by atoms with van der Waals surface area (Å²) in [5.74, 6) is 0.215. The Kier molecular flexibility index (Phi) is 4.06. The number of benzene rings is 1. The van der Waals surface area contributed by atoms with Crippen molar-refractivity contribution in [2.24, 2.45) is 5.10 Å². The van der Waals surface area contributed by atoms with E-state index in [1.165, 1.54) is 24.5 Å². The van der Waals surface area contributed by atoms with Crippen molar-refractivity contribution in [3.63, 3.8) is 0 Å². The van der Waals surface area contributed by atoms with E-state index < -0.39 is 10.8 Å². The highest BCUT2D eigenvalue weighted by molar-refractivity contribution is 5.95. The van der Waals surface area contributed by atoms with Gasteiger partial charge in [-0.05, 0) is 25.1 Å². The van der Waals surface area contributed by atoms with Crippen LogP contribution in [0.25, 0.3) is 0 Å². The molecule has 24 heavy (non-hydrogen) atoms. The van der Waals surface area contributed by atoms with E-state index in [9.17, 15) is 14.9 Å². The molecule has 1 aliphatic heterocycles. The summed E-state index contributed by atoms with van der Waals surface area (Å²) in [6.45, 7) is 1.81. The molecule has 122 valence electrons. The Hall–Kier alpha value is -3.49. The molecule has 9 heteroatoms. The van der Waals surface area contributed by atoms with E-state index in [-0.39, 0.29) is 18.0 Å². The van der Waals surface area contributed by atoms with E-state index >= 15 is 0 Å². The third kappa shape index (κ3) is 3.14. The number of fused-ring (bicyclic) bond motifs is 1. The van der Waals surface area contributed by atoms with Crippen LogP contribution in [0, 0.1) is 17.0 Å². The molecule has 3 rings (SSSR count). The van der Waals surface area contributed by atoms with Gasteiger partial charge in [0.15, 0.2) is 11.5 Å². The Bertz CT molecular complexity index is 833. The van der Waals surface area contributed by atoms with Gasteiger partial charge in [0.1, 0.15) is 0 Å². The van der Waals surface area contributed by atoms with Gasteiger partial charge in [-0.2, -0.15) is 5.10 Å². The van der Waals surface area contributed by atoms with Crippen LogP contribution in [0.15, 0.2) is 35.6 Å². The quantitative estimate of drug-likeness (QED) is 0.519. The zero-order chi connectivity index (χ0) is 17.1. The number of aromatic nitrogens is 1. The number of nitrogens with zero attached hydrogens (tertiary/aromatic N) is 3. The summed E-state index contributed by atoms with van der Waals surface area (Å²) >= 11 is 0. The third-order valence-corrected chi connectivity index (χ3v) is 3.26. The summed E-state index contributed by atoms with van der Waals surface area (Å²) in [6.07, 6.45) is 2.60. The van der Waals surface area contributed by atoms with Gasteiger partial charge in [-0.25, -0.2) is 5.43 Å². The van der Waals surface area contributed by atoms with Crippen molar-refractivity contribution in [2.45, 2.75) is 6.92 Å². The van der Waals surface area contributed by atoms with Crippen molar-refractivity contribution in [3.8, 4) is 11.5 Å². The minimum atomic E-state index is -0.560. The molecular weight excluding hydrogens is 316 g/mol. The number of ether oxygens (including phenoxy) is 2. The summed E-state index contributed by atoms with van der Waals surface area (Å²) in [5, 5.41) is 14.9. The second-order valence-corrected chi connectivity index (χ2v) is 4.91. The first-order chi connectivity index (χ1) is 11.5. The van der Waals surface area contributed by atoms with Crippen molar-refractivity contribution in [3.05, 3.63) is 57.4 Å². The molecule has 1 N–H and O–H groups in total. The van der Waals surface area contributed by atoms with Gasteiger partial charge >= 0.3 is 0 Å². The predicted octanol–water partition coefficient (Wildman–Crippen LogP) is 1.79. The first-order valence-corrected chi connectivity index (χ1v) is 6.88. The number of nitrogens with one attached hydrogen (secondary N) is 1. The lowest BCUT2D eigenvalue weighted by molar-refractivity contribution is -0.385. The highest BCUT2D eigenvalue weighted by atomic mass is 16.7. The van der Waals surface area contributed by atoms with E-state index in [0.29, 0.717) is 17.1 Å². The number of rotatable bonds is 4. The average molecular weight is 328 g/mol. The monoisotopic (exact) mass is 328 g/mol. The summed E-state index contributed by atoms with van der Waals surface area (Å²) < 4.78 is 10.3. The topological polar surface area (TPSA) is 116 Å². The molecule has 0 spiro atoms. The van der Waals surface area contributed by atoms with E-state index in [1.807, 2.05) is 0 Å². The molecule has 2 heterocycles. The average Bonchev–Trinajstić information content (AvgIpc) is 3.01. The van der Waals surface area contributed by atoms with Crippen LogP contribution in [0.3, 0.4) is 0 Å². The number of carbonyl (C=O) groups is 1. The first kappa shape index (κ1) is 15.4. The number of hydrazone groups is 1. The van der Waals surface area contributed by atoms with Crippen LogP contribution in [0.1, 0.15) is 21.6 Å². The molecular formula is C15H12N4O5. The smallest absolute Gasteiger partial charge is 0.282 e. The number of hydrogen-bond donors (Lipinski definition) is 1. The fourth-order valence-electron chi connectivity index (χ4n) is 2.04. The normalized spacial score (nSPS) is 12.4. The van der Waals surface area contributed by atoms with Crippen LogP contribution < -0.4 is 14.9 Å². The summed E-state index contributed by atoms with van der Waals surface area (Å²) in [6, 6.07) is 6.00. The van der Waals surface area contributed by atoms with Gasteiger partial charge in [-0.1, -0.05) is 0 Å². The van der Waals surface area contributed by atoms with Gasteiger partial charge < -0.3 is 9.47 Å². The lowest BCUT2D eigenvalue weighted by Gasteiger charge is -2.02. The van der Waals surface area contributed by atoms with Crippen molar-refractivity contribution < 1.29 is 19.2 Å². The molecule has 0 bridgehead atoms. The number of hydrogen-bond acceptors (Lipinski definition) is 7. The zero-order valence-electron chi connectivity index (χ0n) is 12.6. The molecule has 0 fully saturated rings. The first-order valence-electron chi connectivity index (χ1n) is 6.88. The Morgan fingerprint density at radius 2 is 2.12 bits per heavy atom. The molecule has 0 saturated heterocycles. The lowest BCUT2D eigenvalue weighted by Crippen LogP contribution is -2.17. The maximum absolute atomic E-state index is 11.9. The van der Waals surface area contributed by atoms with Gasteiger partial charge in [0.2, 0.25) is 6.79 Å². The van der Waals surface area contributed by atoms with Gasteiger partial charge in [-0.3, -0.25) is 19.9 Å². The number of amides is 1. The van der Waals surface area contributed by atoms with Crippen LogP contribution in [-0.2, 0) is 0 Å². The Balaban J connectivity index is 1.78. The van der Waals surface area contributed by atoms with Crippen molar-refractivity contribution >= 4 is 17.8 Å². The molecule has 0 unspecified atom stereocenters. The Morgan fingerprint density at radius 3 is 2.79 bits per heavy atom. The molecule has 0 saturated carbocycles. The number of nitro benzene ring substituents is 1. The standard InChI is InChI=1S/C15H12N4O5/c1-9-2-3-10(6-16-9)15(20)18-17-7-11-4-13-14(24-8-23-13)5-12(11)19(21)22/h2-7H,8H2,1H3,(H,18,20). The van der Waals surface area contributed by atoms with Gasteiger partial charge in [0, 0.05) is 11.9 Å². The van der Waals surface area contributed by atoms with Crippen molar-refractivity contribution in [2.75, 3.05) is 6.79 Å². The zero-order valence-corrected chi connectivity index (χ0v) is 12.6. The molecule has 0 aliphatic carbocycles. The van der Waals surface area contributed by atoms with Crippen LogP contribution in [-0.4, -0.2) is 28.8 Å².